The summed E-state index contributed by atoms with van der Waals surface area (Å²) in [7, 11) is 1.31. The zero-order valence-corrected chi connectivity index (χ0v) is 17.6. The Morgan fingerprint density at radius 1 is 1.19 bits per heavy atom. The fourth-order valence-electron chi connectivity index (χ4n) is 3.95. The van der Waals surface area contributed by atoms with Crippen LogP contribution in [0.3, 0.4) is 0 Å². The van der Waals surface area contributed by atoms with Gasteiger partial charge in [-0.15, -0.1) is 0 Å². The molecule has 2 aromatic carbocycles. The lowest BCUT2D eigenvalue weighted by Crippen LogP contribution is -2.36. The molecule has 1 saturated heterocycles. The minimum absolute atomic E-state index is 0.0290. The van der Waals surface area contributed by atoms with Gasteiger partial charge in [0.25, 0.3) is 0 Å². The molecule has 4 rings (SSSR count). The molecule has 3 aromatic rings. The van der Waals surface area contributed by atoms with E-state index in [2.05, 4.69) is 16.6 Å². The summed E-state index contributed by atoms with van der Waals surface area (Å²) in [5.41, 5.74) is 1.03. The van der Waals surface area contributed by atoms with E-state index in [1.165, 1.54) is 25.9 Å². The molecule has 2 heterocycles. The van der Waals surface area contributed by atoms with Gasteiger partial charge in [-0.05, 0) is 62.7 Å². The number of nitrogens with zero attached hydrogens (tertiary/aromatic N) is 1. The fourth-order valence-corrected chi connectivity index (χ4v) is 3.95. The highest BCUT2D eigenvalue weighted by atomic mass is 16.5. The number of methoxy groups -OCH3 is 1. The van der Waals surface area contributed by atoms with E-state index in [0.717, 1.165) is 19.4 Å². The van der Waals surface area contributed by atoms with Crippen molar-refractivity contribution in [1.82, 2.24) is 4.90 Å². The van der Waals surface area contributed by atoms with E-state index in [-0.39, 0.29) is 16.9 Å². The van der Waals surface area contributed by atoms with Crippen LogP contribution in [0.4, 0.5) is 0 Å². The smallest absolute Gasteiger partial charge is 0.337 e. The zero-order chi connectivity index (χ0) is 22.0. The minimum atomic E-state index is -0.452. The van der Waals surface area contributed by atoms with Crippen molar-refractivity contribution in [2.75, 3.05) is 13.7 Å². The average Bonchev–Trinajstić information content (AvgIpc) is 2.78. The Labute approximate surface area is 179 Å². The summed E-state index contributed by atoms with van der Waals surface area (Å²) in [4.78, 5) is 26.9. The third-order valence-electron chi connectivity index (χ3n) is 5.79. The van der Waals surface area contributed by atoms with Gasteiger partial charge in [0.1, 0.15) is 23.3 Å². The van der Waals surface area contributed by atoms with Crippen molar-refractivity contribution < 1.29 is 23.8 Å². The Balaban J connectivity index is 1.64. The molecular weight excluding hydrogens is 398 g/mol. The largest absolute Gasteiger partial charge is 0.507 e. The molecule has 1 aliphatic rings. The highest BCUT2D eigenvalue weighted by molar-refractivity contribution is 5.89. The van der Waals surface area contributed by atoms with E-state index in [4.69, 9.17) is 9.15 Å². The Bertz CT molecular complexity index is 1150. The number of carbonyl (C=O) groups excluding carboxylic acids is 1. The molecule has 1 N–H and O–H groups in total. The van der Waals surface area contributed by atoms with E-state index in [1.807, 2.05) is 0 Å². The van der Waals surface area contributed by atoms with Crippen LogP contribution in [-0.2, 0) is 11.3 Å². The molecule has 31 heavy (non-hydrogen) atoms. The molecule has 1 fully saturated rings. The number of benzene rings is 2. The van der Waals surface area contributed by atoms with Gasteiger partial charge in [0.05, 0.1) is 23.6 Å². The maximum absolute atomic E-state index is 13.0. The van der Waals surface area contributed by atoms with Crippen LogP contribution < -0.4 is 10.2 Å². The topological polar surface area (TPSA) is 89.2 Å². The van der Waals surface area contributed by atoms with Crippen LogP contribution in [0.5, 0.6) is 17.2 Å². The van der Waals surface area contributed by atoms with E-state index < -0.39 is 5.97 Å². The minimum Gasteiger partial charge on any atom is -0.507 e. The van der Waals surface area contributed by atoms with Crippen LogP contribution in [0.15, 0.2) is 51.9 Å². The molecule has 1 aliphatic heterocycles. The summed E-state index contributed by atoms with van der Waals surface area (Å²) in [5.74, 6) is 0.0781. The molecule has 0 amide bonds. The first kappa shape index (κ1) is 20.9. The van der Waals surface area contributed by atoms with Crippen LogP contribution in [0, 0.1) is 0 Å². The fraction of sp³-hybridized carbons (Fsp3) is 0.333. The van der Waals surface area contributed by atoms with E-state index >= 15 is 0 Å². The molecule has 162 valence electrons. The average molecular weight is 423 g/mol. The molecule has 0 unspecified atom stereocenters. The Morgan fingerprint density at radius 3 is 2.68 bits per heavy atom. The molecule has 0 spiro atoms. The second-order valence-electron chi connectivity index (χ2n) is 7.80. The first-order valence-corrected chi connectivity index (χ1v) is 10.3. The highest BCUT2D eigenvalue weighted by Crippen LogP contribution is 2.31. The predicted octanol–water partition coefficient (Wildman–Crippen LogP) is 4.45. The molecule has 0 aliphatic carbocycles. The van der Waals surface area contributed by atoms with Gasteiger partial charge in [0, 0.05) is 12.6 Å². The van der Waals surface area contributed by atoms with E-state index in [0.29, 0.717) is 40.4 Å². The maximum atomic E-state index is 13.0. The van der Waals surface area contributed by atoms with Crippen LogP contribution in [0.2, 0.25) is 0 Å². The summed E-state index contributed by atoms with van der Waals surface area (Å²) in [6, 6.07) is 9.75. The quantitative estimate of drug-likeness (QED) is 0.606. The molecule has 7 heteroatoms. The number of carbonyl (C=O) groups is 1. The van der Waals surface area contributed by atoms with Crippen molar-refractivity contribution in [2.45, 2.75) is 38.8 Å². The molecule has 7 nitrogen and oxygen atoms in total. The summed E-state index contributed by atoms with van der Waals surface area (Å²) >= 11 is 0. The molecule has 1 aromatic heterocycles. The highest BCUT2D eigenvalue weighted by Gasteiger charge is 2.22. The summed E-state index contributed by atoms with van der Waals surface area (Å²) in [6.07, 6.45) is 4.70. The SMILES string of the molecule is COC(=O)c1ccc(Oc2coc3c(CN4CCCC[C@H]4C)c(O)ccc3c2=O)cc1. The van der Waals surface area contributed by atoms with Crippen molar-refractivity contribution in [1.29, 1.82) is 0 Å². The number of ether oxygens (including phenoxy) is 2. The second-order valence-corrected chi connectivity index (χ2v) is 7.80. The number of esters is 1. The first-order chi connectivity index (χ1) is 15.0. The number of hydrogen-bond donors (Lipinski definition) is 1. The molecule has 1 atom stereocenters. The van der Waals surface area contributed by atoms with E-state index in [9.17, 15) is 14.7 Å². The lowest BCUT2D eigenvalue weighted by Gasteiger charge is -2.33. The predicted molar refractivity (Wildman–Crippen MR) is 116 cm³/mol. The van der Waals surface area contributed by atoms with Crippen molar-refractivity contribution in [3.63, 3.8) is 0 Å². The number of hydrogen-bond acceptors (Lipinski definition) is 7. The zero-order valence-electron chi connectivity index (χ0n) is 17.6. The summed E-state index contributed by atoms with van der Waals surface area (Å²) in [5, 5.41) is 10.8. The number of phenols is 1. The molecular formula is C24H25NO6. The van der Waals surface area contributed by atoms with Gasteiger partial charge < -0.3 is 19.0 Å². The third kappa shape index (κ3) is 4.27. The van der Waals surface area contributed by atoms with Crippen molar-refractivity contribution in [3.05, 3.63) is 64.0 Å². The third-order valence-corrected chi connectivity index (χ3v) is 5.79. The lowest BCUT2D eigenvalue weighted by molar-refractivity contribution is 0.0600. The Morgan fingerprint density at radius 2 is 1.97 bits per heavy atom. The molecule has 0 saturated carbocycles. The van der Waals surface area contributed by atoms with Crippen LogP contribution in [-0.4, -0.2) is 35.7 Å². The molecule has 0 radical (unpaired) electrons. The van der Waals surface area contributed by atoms with E-state index in [1.54, 1.807) is 30.3 Å². The summed E-state index contributed by atoms with van der Waals surface area (Å²) in [6.45, 7) is 3.64. The number of aromatic hydroxyl groups is 1. The standard InChI is InChI=1S/C24H25NO6/c1-15-5-3-4-12-25(15)13-19-20(26)11-10-18-22(27)21(14-30-23(18)19)31-17-8-6-16(7-9-17)24(28)29-2/h6-11,14-15,26H,3-5,12-13H2,1-2H3/t15-/m1/s1. The van der Waals surface area contributed by atoms with Crippen LogP contribution in [0.1, 0.15) is 42.1 Å². The monoisotopic (exact) mass is 423 g/mol. The second kappa shape index (κ2) is 8.81. The van der Waals surface area contributed by atoms with Crippen molar-refractivity contribution >= 4 is 16.9 Å². The van der Waals surface area contributed by atoms with Gasteiger partial charge in [0.15, 0.2) is 0 Å². The number of piperidine rings is 1. The van der Waals surface area contributed by atoms with Gasteiger partial charge in [-0.25, -0.2) is 4.79 Å². The maximum Gasteiger partial charge on any atom is 0.337 e. The number of likely N-dealkylation sites (tertiary alicyclic amines) is 1. The summed E-state index contributed by atoms with van der Waals surface area (Å²) < 4.78 is 16.1. The van der Waals surface area contributed by atoms with Crippen molar-refractivity contribution in [2.24, 2.45) is 0 Å². The van der Waals surface area contributed by atoms with Gasteiger partial charge in [-0.2, -0.15) is 0 Å². The van der Waals surface area contributed by atoms with Gasteiger partial charge in [-0.3, -0.25) is 9.69 Å². The molecule has 0 bridgehead atoms. The van der Waals surface area contributed by atoms with Gasteiger partial charge >= 0.3 is 5.97 Å². The lowest BCUT2D eigenvalue weighted by atomic mass is 10.0. The van der Waals surface area contributed by atoms with Gasteiger partial charge in [-0.1, -0.05) is 6.42 Å². The normalized spacial score (nSPS) is 16.9. The van der Waals surface area contributed by atoms with Crippen LogP contribution >= 0.6 is 0 Å². The van der Waals surface area contributed by atoms with Crippen LogP contribution in [0.25, 0.3) is 11.0 Å². The van der Waals surface area contributed by atoms with Crippen molar-refractivity contribution in [3.8, 4) is 17.2 Å². The Hall–Kier alpha value is -3.32. The van der Waals surface area contributed by atoms with Gasteiger partial charge in [0.2, 0.25) is 11.2 Å². The number of fused-ring (bicyclic) bond motifs is 1. The number of rotatable bonds is 5. The first-order valence-electron chi connectivity index (χ1n) is 10.3. The number of phenolic OH excluding ortho intramolecular Hbond substituents is 1. The Kier molecular flexibility index (Phi) is 5.95.